The lowest BCUT2D eigenvalue weighted by molar-refractivity contribution is 0.0756. The average Bonchev–Trinajstić information content (AvgIpc) is 2.97. The van der Waals surface area contributed by atoms with Gasteiger partial charge in [0.25, 0.3) is 0 Å². The van der Waals surface area contributed by atoms with Crippen LogP contribution in [0.2, 0.25) is 0 Å². The molecule has 0 heterocycles. The molecule has 0 saturated heterocycles. The number of halogens is 1. The first kappa shape index (κ1) is 17.0. The van der Waals surface area contributed by atoms with Gasteiger partial charge in [-0.15, -0.1) is 0 Å². The lowest BCUT2D eigenvalue weighted by atomic mass is 9.61. The van der Waals surface area contributed by atoms with Crippen LogP contribution in [0.5, 0.6) is 0 Å². The Morgan fingerprint density at radius 1 is 1.41 bits per heavy atom. The van der Waals surface area contributed by atoms with Crippen molar-refractivity contribution in [2.24, 2.45) is 29.1 Å². The molecular weight excluding hydrogens is 383 g/mol. The second kappa shape index (κ2) is 6.23. The highest BCUT2D eigenvalue weighted by Crippen LogP contribution is 2.60. The predicted octanol–water partition coefficient (Wildman–Crippen LogP) is 5.88. The zero-order valence-electron chi connectivity index (χ0n) is 14.3. The Morgan fingerprint density at radius 2 is 2.18 bits per heavy atom. The number of rotatable bonds is 3. The van der Waals surface area contributed by atoms with Gasteiger partial charge in [-0.1, -0.05) is 54.2 Å². The first-order chi connectivity index (χ1) is 10.4. The van der Waals surface area contributed by atoms with Crippen LogP contribution in [0, 0.1) is 29.1 Å². The molecule has 0 radical (unpaired) electrons. The normalized spacial score (nSPS) is 47.9. The highest BCUT2D eigenvalue weighted by atomic mass is 127. The summed E-state index contributed by atoms with van der Waals surface area (Å²) in [7, 11) is 0. The summed E-state index contributed by atoms with van der Waals surface area (Å²) in [6, 6.07) is 0. The molecule has 0 aromatic rings. The molecule has 0 aliphatic heterocycles. The third-order valence-electron chi connectivity index (χ3n) is 6.94. The smallest absolute Gasteiger partial charge is 0.0805 e. The van der Waals surface area contributed by atoms with E-state index in [4.69, 9.17) is 0 Å². The zero-order chi connectivity index (χ0) is 16.0. The largest absolute Gasteiger partial charge is 0.386 e. The van der Waals surface area contributed by atoms with Crippen LogP contribution in [0.3, 0.4) is 0 Å². The van der Waals surface area contributed by atoms with E-state index in [9.17, 15) is 5.11 Å². The number of hydrogen-bond acceptors (Lipinski definition) is 1. The third-order valence-corrected chi connectivity index (χ3v) is 7.74. The van der Waals surface area contributed by atoms with Gasteiger partial charge in [0.05, 0.1) is 5.60 Å². The fourth-order valence-electron chi connectivity index (χ4n) is 5.96. The zero-order valence-corrected chi connectivity index (χ0v) is 16.5. The Hall–Kier alpha value is 0.170. The van der Waals surface area contributed by atoms with Crippen molar-refractivity contribution >= 4 is 22.6 Å². The molecule has 1 N–H and O–H groups in total. The van der Waals surface area contributed by atoms with E-state index in [1.165, 1.54) is 38.5 Å². The second-order valence-corrected chi connectivity index (χ2v) is 9.30. The molecule has 2 heteroatoms. The van der Waals surface area contributed by atoms with E-state index in [0.29, 0.717) is 11.3 Å². The molecule has 0 bridgehead atoms. The molecule has 2 fully saturated rings. The summed E-state index contributed by atoms with van der Waals surface area (Å²) >= 11 is 2.46. The van der Waals surface area contributed by atoms with E-state index in [1.807, 2.05) is 13.0 Å². The third kappa shape index (κ3) is 3.07. The van der Waals surface area contributed by atoms with Crippen molar-refractivity contribution in [3.8, 4) is 0 Å². The van der Waals surface area contributed by atoms with Crippen molar-refractivity contribution in [2.75, 3.05) is 0 Å². The van der Waals surface area contributed by atoms with Gasteiger partial charge < -0.3 is 5.11 Å². The number of allylic oxidation sites excluding steroid dienone is 2. The van der Waals surface area contributed by atoms with Crippen molar-refractivity contribution in [3.05, 3.63) is 21.8 Å². The summed E-state index contributed by atoms with van der Waals surface area (Å²) in [5, 5.41) is 10.2. The lowest BCUT2D eigenvalue weighted by Crippen LogP contribution is -2.36. The van der Waals surface area contributed by atoms with Gasteiger partial charge in [-0.2, -0.15) is 0 Å². The molecule has 2 saturated carbocycles. The molecule has 3 aliphatic carbocycles. The maximum Gasteiger partial charge on any atom is 0.0805 e. The first-order valence-corrected chi connectivity index (χ1v) is 10.3. The van der Waals surface area contributed by atoms with Crippen molar-refractivity contribution in [2.45, 2.75) is 71.3 Å². The number of hydrogen-bond donors (Lipinski definition) is 1. The topological polar surface area (TPSA) is 20.2 Å². The Bertz CT molecular complexity index is 478. The van der Waals surface area contributed by atoms with Gasteiger partial charge in [0.15, 0.2) is 0 Å². The maximum atomic E-state index is 10.2. The first-order valence-electron chi connectivity index (χ1n) is 9.06. The van der Waals surface area contributed by atoms with Crippen molar-refractivity contribution in [1.29, 1.82) is 0 Å². The summed E-state index contributed by atoms with van der Waals surface area (Å²) < 4.78 is 2.38. The van der Waals surface area contributed by atoms with Crippen molar-refractivity contribution in [1.82, 2.24) is 0 Å². The molecule has 0 spiro atoms. The molecule has 6 atom stereocenters. The van der Waals surface area contributed by atoms with Crippen molar-refractivity contribution < 1.29 is 5.11 Å². The molecule has 124 valence electrons. The molecule has 22 heavy (non-hydrogen) atoms. The van der Waals surface area contributed by atoms with E-state index in [2.05, 4.69) is 46.6 Å². The van der Waals surface area contributed by atoms with Crippen LogP contribution in [-0.2, 0) is 0 Å². The summed E-state index contributed by atoms with van der Waals surface area (Å²) in [6.07, 6.45) is 13.4. The number of aliphatic hydroxyl groups is 1. The van der Waals surface area contributed by atoms with Gasteiger partial charge in [0, 0.05) is 0 Å². The minimum absolute atomic E-state index is 0.527. The van der Waals surface area contributed by atoms with Crippen molar-refractivity contribution in [3.63, 3.8) is 0 Å². The molecule has 0 amide bonds. The van der Waals surface area contributed by atoms with Gasteiger partial charge in [0.1, 0.15) is 0 Å². The van der Waals surface area contributed by atoms with E-state index in [-0.39, 0.29) is 0 Å². The van der Waals surface area contributed by atoms with E-state index in [0.717, 1.165) is 24.2 Å². The fourth-order valence-corrected chi connectivity index (χ4v) is 6.70. The summed E-state index contributed by atoms with van der Waals surface area (Å²) in [6.45, 7) is 6.99. The van der Waals surface area contributed by atoms with Gasteiger partial charge in [-0.05, 0) is 85.0 Å². The predicted molar refractivity (Wildman–Crippen MR) is 102 cm³/mol. The maximum absolute atomic E-state index is 10.2. The van der Waals surface area contributed by atoms with Crippen LogP contribution >= 0.6 is 22.6 Å². The van der Waals surface area contributed by atoms with Gasteiger partial charge in [-0.3, -0.25) is 0 Å². The molecule has 3 rings (SSSR count). The summed E-state index contributed by atoms with van der Waals surface area (Å²) in [5.74, 6) is 3.05. The van der Waals surface area contributed by atoms with E-state index in [1.54, 1.807) is 5.57 Å². The van der Waals surface area contributed by atoms with E-state index < -0.39 is 5.60 Å². The molecule has 1 nitrogen and oxygen atoms in total. The standard InChI is InChI=1S/C20H31IO/c1-14(11-15-8-10-19(2,22)12-15)17-6-7-18-16(13-21)5-4-9-20(17,18)3/h8,10,13-15,17-18,22H,4-7,9,11-12H2,1-3H3/t14-,15-,17-,18?,19-,20+/m1/s1. The van der Waals surface area contributed by atoms with Crippen LogP contribution in [0.15, 0.2) is 21.8 Å². The summed E-state index contributed by atoms with van der Waals surface area (Å²) in [5.41, 5.74) is 1.70. The minimum Gasteiger partial charge on any atom is -0.386 e. The molecule has 0 aromatic heterocycles. The Labute approximate surface area is 149 Å². The fraction of sp³-hybridized carbons (Fsp3) is 0.800. The average molecular weight is 414 g/mol. The summed E-state index contributed by atoms with van der Waals surface area (Å²) in [4.78, 5) is 0. The van der Waals surface area contributed by atoms with Gasteiger partial charge >= 0.3 is 0 Å². The van der Waals surface area contributed by atoms with Gasteiger partial charge in [0.2, 0.25) is 0 Å². The number of fused-ring (bicyclic) bond motifs is 1. The van der Waals surface area contributed by atoms with Crippen LogP contribution in [0.4, 0.5) is 0 Å². The van der Waals surface area contributed by atoms with Crippen LogP contribution in [0.1, 0.15) is 65.7 Å². The Morgan fingerprint density at radius 3 is 2.82 bits per heavy atom. The molecule has 0 aromatic carbocycles. The molecule has 1 unspecified atom stereocenters. The quantitative estimate of drug-likeness (QED) is 0.452. The van der Waals surface area contributed by atoms with Crippen LogP contribution in [0.25, 0.3) is 0 Å². The monoisotopic (exact) mass is 414 g/mol. The Kier molecular flexibility index (Phi) is 4.82. The molecule has 3 aliphatic rings. The van der Waals surface area contributed by atoms with E-state index >= 15 is 0 Å². The highest BCUT2D eigenvalue weighted by molar-refractivity contribution is 14.1. The Balaban J connectivity index is 1.69. The SMILES string of the molecule is C[C@H](C[C@H]1C=C[C@@](C)(O)C1)[C@H]1CCC2C(=CI)CCC[C@]21C. The van der Waals surface area contributed by atoms with Gasteiger partial charge in [-0.25, -0.2) is 0 Å². The molecular formula is C20H31IO. The highest BCUT2D eigenvalue weighted by Gasteiger charge is 2.50. The minimum atomic E-state index is -0.561. The second-order valence-electron chi connectivity index (χ2n) is 8.67. The van der Waals surface area contributed by atoms with Crippen LogP contribution in [-0.4, -0.2) is 10.7 Å². The van der Waals surface area contributed by atoms with Crippen LogP contribution < -0.4 is 0 Å². The lowest BCUT2D eigenvalue weighted by Gasteiger charge is -2.44.